The summed E-state index contributed by atoms with van der Waals surface area (Å²) in [6.45, 7) is 9.19. The molecule has 1 atom stereocenters. The normalized spacial score (nSPS) is 12.7. The molecule has 0 saturated heterocycles. The fourth-order valence-electron chi connectivity index (χ4n) is 3.72. The van der Waals surface area contributed by atoms with E-state index in [1.165, 1.54) is 9.21 Å². The summed E-state index contributed by atoms with van der Waals surface area (Å²) in [5.74, 6) is -0.614. The molecule has 0 aliphatic carbocycles. The van der Waals surface area contributed by atoms with Crippen LogP contribution in [0.2, 0.25) is 15.1 Å². The highest BCUT2D eigenvalue weighted by atomic mass is 35.5. The molecule has 0 radical (unpaired) electrons. The van der Waals surface area contributed by atoms with E-state index >= 15 is 0 Å². The van der Waals surface area contributed by atoms with Crippen molar-refractivity contribution in [2.75, 3.05) is 17.1 Å². The number of aryl methyl sites for hydroxylation is 1. The number of rotatable bonds is 10. The van der Waals surface area contributed by atoms with Crippen LogP contribution in [0.25, 0.3) is 0 Å². The molecule has 2 aromatic carbocycles. The molecule has 0 bridgehead atoms. The summed E-state index contributed by atoms with van der Waals surface area (Å²) in [5, 5.41) is 4.16. The molecule has 0 aliphatic heterocycles. The molecular weight excluding hydrogens is 557 g/mol. The van der Waals surface area contributed by atoms with E-state index in [0.29, 0.717) is 26.3 Å². The van der Waals surface area contributed by atoms with Crippen molar-refractivity contribution in [3.63, 3.8) is 0 Å². The molecule has 0 spiro atoms. The number of carbonyl (C=O) groups excluding carboxylic acids is 2. The van der Waals surface area contributed by atoms with Crippen LogP contribution in [0.1, 0.15) is 51.7 Å². The minimum absolute atomic E-state index is 0.0178. The molecule has 2 amide bonds. The van der Waals surface area contributed by atoms with Gasteiger partial charge in [0.2, 0.25) is 21.8 Å². The van der Waals surface area contributed by atoms with Crippen molar-refractivity contribution in [3.05, 3.63) is 62.6 Å². The zero-order valence-corrected chi connectivity index (χ0v) is 25.0. The highest BCUT2D eigenvalue weighted by Crippen LogP contribution is 2.27. The van der Waals surface area contributed by atoms with Gasteiger partial charge in [0.15, 0.2) is 0 Å². The lowest BCUT2D eigenvalue weighted by Crippen LogP contribution is -2.52. The molecule has 0 aromatic heterocycles. The number of carbonyl (C=O) groups is 2. The Bertz CT molecular complexity index is 1250. The molecule has 0 heterocycles. The van der Waals surface area contributed by atoms with E-state index in [1.54, 1.807) is 50.2 Å². The molecular formula is C26H34Cl3N3O4S. The quantitative estimate of drug-likeness (QED) is 0.377. The summed E-state index contributed by atoms with van der Waals surface area (Å²) in [7, 11) is -3.63. The largest absolute Gasteiger partial charge is 0.350 e. The van der Waals surface area contributed by atoms with Crippen molar-refractivity contribution in [1.29, 1.82) is 0 Å². The molecule has 2 aromatic rings. The molecule has 2 rings (SSSR count). The fraction of sp³-hybridized carbons (Fsp3) is 0.462. The van der Waals surface area contributed by atoms with Gasteiger partial charge in [0.1, 0.15) is 6.04 Å². The van der Waals surface area contributed by atoms with E-state index in [1.807, 2.05) is 20.8 Å². The summed E-state index contributed by atoms with van der Waals surface area (Å²) in [6.07, 6.45) is 1.36. The van der Waals surface area contributed by atoms with Crippen LogP contribution in [-0.4, -0.2) is 49.5 Å². The predicted octanol–water partition coefficient (Wildman–Crippen LogP) is 5.83. The van der Waals surface area contributed by atoms with Crippen LogP contribution < -0.4 is 9.62 Å². The Morgan fingerprint density at radius 3 is 2.19 bits per heavy atom. The van der Waals surface area contributed by atoms with E-state index in [0.717, 1.165) is 11.8 Å². The number of hydrogen-bond donors (Lipinski definition) is 1. The zero-order valence-electron chi connectivity index (χ0n) is 21.9. The maximum Gasteiger partial charge on any atom is 0.242 e. The van der Waals surface area contributed by atoms with Crippen molar-refractivity contribution in [1.82, 2.24) is 10.2 Å². The van der Waals surface area contributed by atoms with Gasteiger partial charge in [0.05, 0.1) is 11.9 Å². The van der Waals surface area contributed by atoms with Crippen molar-refractivity contribution in [2.24, 2.45) is 0 Å². The number of nitrogens with one attached hydrogen (secondary N) is 1. The van der Waals surface area contributed by atoms with Crippen LogP contribution in [0.5, 0.6) is 0 Å². The van der Waals surface area contributed by atoms with E-state index < -0.39 is 21.6 Å². The monoisotopic (exact) mass is 589 g/mol. The number of amides is 2. The average molecular weight is 591 g/mol. The Labute approximate surface area is 235 Å². The third-order valence-corrected chi connectivity index (χ3v) is 7.62. The second-order valence-corrected chi connectivity index (χ2v) is 13.2. The predicted molar refractivity (Wildman–Crippen MR) is 152 cm³/mol. The number of anilines is 1. The van der Waals surface area contributed by atoms with Crippen molar-refractivity contribution >= 4 is 62.3 Å². The van der Waals surface area contributed by atoms with Gasteiger partial charge in [-0.15, -0.1) is 0 Å². The van der Waals surface area contributed by atoms with Gasteiger partial charge in [-0.05, 0) is 76.4 Å². The summed E-state index contributed by atoms with van der Waals surface area (Å²) >= 11 is 18.5. The van der Waals surface area contributed by atoms with Crippen molar-refractivity contribution < 1.29 is 18.0 Å². The highest BCUT2D eigenvalue weighted by Gasteiger charge is 2.29. The summed E-state index contributed by atoms with van der Waals surface area (Å²) in [4.78, 5) is 27.8. The number of nitrogens with zero attached hydrogens (tertiary/aromatic N) is 2. The minimum atomic E-state index is -3.63. The average Bonchev–Trinajstić information content (AvgIpc) is 2.75. The van der Waals surface area contributed by atoms with Crippen LogP contribution in [0.3, 0.4) is 0 Å². The van der Waals surface area contributed by atoms with Crippen molar-refractivity contribution in [2.45, 2.75) is 65.6 Å². The molecule has 0 saturated carbocycles. The number of hydrogen-bond acceptors (Lipinski definition) is 4. The Kier molecular flexibility index (Phi) is 10.7. The summed E-state index contributed by atoms with van der Waals surface area (Å²) in [5.41, 5.74) is 1.36. The Morgan fingerprint density at radius 2 is 1.62 bits per heavy atom. The standard InChI is InChI=1S/C26H34Cl3N3O4S/c1-17-9-11-21(28)15-23(17)32(37(6,35)36)13-7-8-24(33)31(18(2)25(34)30-26(3,4)5)16-19-10-12-20(27)14-22(19)29/h9-12,14-15,18H,7-8,13,16H2,1-6H3,(H,30,34)/t18-/m0/s1. The third-order valence-electron chi connectivity index (χ3n) is 5.61. The molecule has 0 fully saturated rings. The Balaban J connectivity index is 2.26. The lowest BCUT2D eigenvalue weighted by molar-refractivity contribution is -0.141. The maximum absolute atomic E-state index is 13.4. The lowest BCUT2D eigenvalue weighted by atomic mass is 10.1. The minimum Gasteiger partial charge on any atom is -0.350 e. The summed E-state index contributed by atoms with van der Waals surface area (Å²) < 4.78 is 26.3. The molecule has 7 nitrogen and oxygen atoms in total. The SMILES string of the molecule is Cc1ccc(Cl)cc1N(CCCC(=O)N(Cc1ccc(Cl)cc1Cl)[C@@H](C)C(=O)NC(C)(C)C)S(C)(=O)=O. The van der Waals surface area contributed by atoms with Gasteiger partial charge in [-0.3, -0.25) is 13.9 Å². The highest BCUT2D eigenvalue weighted by molar-refractivity contribution is 7.92. The second kappa shape index (κ2) is 12.7. The van der Waals surface area contributed by atoms with Gasteiger partial charge in [0, 0.05) is 40.1 Å². The van der Waals surface area contributed by atoms with Crippen molar-refractivity contribution in [3.8, 4) is 0 Å². The fourth-order valence-corrected chi connectivity index (χ4v) is 5.37. The van der Waals surface area contributed by atoms with E-state index in [4.69, 9.17) is 34.8 Å². The second-order valence-electron chi connectivity index (χ2n) is 10.0. The first kappa shape index (κ1) is 31.2. The van der Waals surface area contributed by atoms with Crippen LogP contribution in [0.15, 0.2) is 36.4 Å². The smallest absolute Gasteiger partial charge is 0.242 e. The van der Waals surface area contributed by atoms with Crippen LogP contribution in [-0.2, 0) is 26.2 Å². The Hall–Kier alpha value is -2.00. The first-order valence-electron chi connectivity index (χ1n) is 11.8. The van der Waals surface area contributed by atoms with Gasteiger partial charge in [-0.1, -0.05) is 46.9 Å². The molecule has 204 valence electrons. The van der Waals surface area contributed by atoms with Gasteiger partial charge in [-0.25, -0.2) is 8.42 Å². The van der Waals surface area contributed by atoms with Crippen LogP contribution in [0.4, 0.5) is 5.69 Å². The molecule has 1 N–H and O–H groups in total. The zero-order chi connectivity index (χ0) is 28.1. The van der Waals surface area contributed by atoms with E-state index in [9.17, 15) is 18.0 Å². The molecule has 37 heavy (non-hydrogen) atoms. The van der Waals surface area contributed by atoms with Gasteiger partial charge in [-0.2, -0.15) is 0 Å². The summed E-state index contributed by atoms with van der Waals surface area (Å²) in [6, 6.07) is 9.20. The number of benzene rings is 2. The van der Waals surface area contributed by atoms with Crippen LogP contribution >= 0.6 is 34.8 Å². The molecule has 0 unspecified atom stereocenters. The first-order valence-corrected chi connectivity index (χ1v) is 14.8. The van der Waals surface area contributed by atoms with E-state index in [-0.39, 0.29) is 37.7 Å². The van der Waals surface area contributed by atoms with Gasteiger partial charge < -0.3 is 10.2 Å². The topological polar surface area (TPSA) is 86.8 Å². The first-order chi connectivity index (χ1) is 17.0. The third kappa shape index (κ3) is 9.36. The molecule has 11 heteroatoms. The van der Waals surface area contributed by atoms with Gasteiger partial charge in [0.25, 0.3) is 0 Å². The Morgan fingerprint density at radius 1 is 1.03 bits per heavy atom. The van der Waals surface area contributed by atoms with Gasteiger partial charge >= 0.3 is 0 Å². The number of sulfonamides is 1. The molecule has 0 aliphatic rings. The number of halogens is 3. The van der Waals surface area contributed by atoms with Crippen LogP contribution in [0, 0.1) is 6.92 Å². The van der Waals surface area contributed by atoms with E-state index in [2.05, 4.69) is 5.32 Å². The lowest BCUT2D eigenvalue weighted by Gasteiger charge is -2.32. The maximum atomic E-state index is 13.4.